The minimum atomic E-state index is -0.233. The first-order chi connectivity index (χ1) is 28.9. The second-order valence-electron chi connectivity index (χ2n) is 20.7. The van der Waals surface area contributed by atoms with Gasteiger partial charge in [-0.15, -0.1) is 0 Å². The average Bonchev–Trinajstić information content (AvgIpc) is 3.65. The van der Waals surface area contributed by atoms with Gasteiger partial charge in [0, 0.05) is 44.0 Å². The van der Waals surface area contributed by atoms with Gasteiger partial charge >= 0.3 is 0 Å². The summed E-state index contributed by atoms with van der Waals surface area (Å²) in [7, 11) is 0. The van der Waals surface area contributed by atoms with Crippen molar-refractivity contribution in [2.24, 2.45) is 0 Å². The molecule has 6 aromatic carbocycles. The SMILES string of the molecule is Cc1cc2c3c(c1)N(c1ccc(C(C)(C)C)cc1)c1c(oc4c1C(C)(C)CCC4(C)C)B3c1cc(-c3ccccc3)ccc1N2c1ccccc1-c1ccc(C(C)(C)S)cc1. The number of hydrogen-bond acceptors (Lipinski definition) is 4. The molecule has 3 heterocycles. The van der Waals surface area contributed by atoms with Gasteiger partial charge in [-0.1, -0.05) is 146 Å². The number of furan rings is 1. The second-order valence-corrected chi connectivity index (χ2v) is 21.8. The molecule has 0 radical (unpaired) electrons. The molecule has 1 aromatic heterocycles. The van der Waals surface area contributed by atoms with Crippen LogP contribution in [0.15, 0.2) is 138 Å². The molecule has 0 fully saturated rings. The zero-order chi connectivity index (χ0) is 42.8. The molecule has 61 heavy (non-hydrogen) atoms. The summed E-state index contributed by atoms with van der Waals surface area (Å²) in [5, 5.41) is 0. The smallest absolute Gasteiger partial charge is 0.297 e. The fourth-order valence-electron chi connectivity index (χ4n) is 10.3. The summed E-state index contributed by atoms with van der Waals surface area (Å²) in [5.41, 5.74) is 20.4. The lowest BCUT2D eigenvalue weighted by Gasteiger charge is -2.44. The van der Waals surface area contributed by atoms with Crippen molar-refractivity contribution in [1.82, 2.24) is 0 Å². The van der Waals surface area contributed by atoms with Crippen LogP contribution in [0, 0.1) is 6.92 Å². The Kier molecular flexibility index (Phi) is 9.00. The Bertz CT molecular complexity index is 2840. The van der Waals surface area contributed by atoms with Crippen molar-refractivity contribution in [3.05, 3.63) is 161 Å². The third-order valence-corrected chi connectivity index (χ3v) is 14.1. The third-order valence-electron chi connectivity index (χ3n) is 13.8. The summed E-state index contributed by atoms with van der Waals surface area (Å²) in [6.07, 6.45) is 2.17. The highest BCUT2D eigenvalue weighted by Gasteiger charge is 2.52. The summed E-state index contributed by atoms with van der Waals surface area (Å²) in [5.74, 6) is 1.14. The molecule has 0 saturated carbocycles. The standard InChI is InChI=1S/C56H57BN2OS/c1-35-32-46-49-47(33-35)59(44-19-15-14-18-42(44)37-20-23-40(24-21-37)56(9,10)61)45-29-22-38(36-16-12-11-13-17-36)34-43(45)57(49)52-50(48-51(60-52)55(7,8)31-30-54(48,5)6)58(46)41-27-25-39(26-28-41)53(2,3)4/h11-29,32-34,61H,30-31H2,1-10H3. The van der Waals surface area contributed by atoms with Crippen LogP contribution in [-0.4, -0.2) is 6.71 Å². The molecule has 0 bridgehead atoms. The zero-order valence-electron chi connectivity index (χ0n) is 37.4. The summed E-state index contributed by atoms with van der Waals surface area (Å²) >= 11 is 4.90. The third kappa shape index (κ3) is 6.41. The van der Waals surface area contributed by atoms with Gasteiger partial charge in [0.05, 0.1) is 17.0 Å². The lowest BCUT2D eigenvalue weighted by molar-refractivity contribution is 0.282. The predicted octanol–water partition coefficient (Wildman–Crippen LogP) is 13.8. The number of rotatable bonds is 5. The molecule has 0 spiro atoms. The largest absolute Gasteiger partial charge is 0.472 e. The maximum atomic E-state index is 7.60. The van der Waals surface area contributed by atoms with Gasteiger partial charge in [-0.3, -0.25) is 0 Å². The highest BCUT2D eigenvalue weighted by molar-refractivity contribution is 7.81. The minimum absolute atomic E-state index is 0.0390. The molecule has 3 nitrogen and oxygen atoms in total. The molecule has 0 saturated heterocycles. The predicted molar refractivity (Wildman–Crippen MR) is 264 cm³/mol. The first-order valence-electron chi connectivity index (χ1n) is 22.1. The molecule has 0 unspecified atom stereocenters. The minimum Gasteiger partial charge on any atom is -0.472 e. The molecule has 0 N–H and O–H groups in total. The molecule has 0 atom stereocenters. The fraction of sp³-hybridized carbons (Fsp3) is 0.286. The van der Waals surface area contributed by atoms with Crippen molar-refractivity contribution < 1.29 is 4.42 Å². The molecule has 0 amide bonds. The first kappa shape index (κ1) is 39.7. The van der Waals surface area contributed by atoms with Crippen LogP contribution < -0.4 is 26.4 Å². The maximum Gasteiger partial charge on any atom is 0.297 e. The van der Waals surface area contributed by atoms with Crippen LogP contribution >= 0.6 is 12.6 Å². The number of benzene rings is 6. The van der Waals surface area contributed by atoms with Crippen LogP contribution in [-0.2, 0) is 21.0 Å². The van der Waals surface area contributed by atoms with Gasteiger partial charge in [0.15, 0.2) is 0 Å². The van der Waals surface area contributed by atoms with Gasteiger partial charge in [-0.2, -0.15) is 12.6 Å². The summed E-state index contributed by atoms with van der Waals surface area (Å²) in [6, 6.07) is 50.0. The van der Waals surface area contributed by atoms with E-state index in [1.807, 2.05) is 0 Å². The Morgan fingerprint density at radius 2 is 1.20 bits per heavy atom. The van der Waals surface area contributed by atoms with E-state index in [1.54, 1.807) is 0 Å². The van der Waals surface area contributed by atoms with E-state index in [9.17, 15) is 0 Å². The van der Waals surface area contributed by atoms with Crippen LogP contribution in [0.4, 0.5) is 34.1 Å². The molecule has 306 valence electrons. The van der Waals surface area contributed by atoms with Crippen molar-refractivity contribution >= 4 is 70.1 Å². The molecule has 7 aromatic rings. The topological polar surface area (TPSA) is 19.6 Å². The number of hydrogen-bond donors (Lipinski definition) is 1. The summed E-state index contributed by atoms with van der Waals surface area (Å²) < 4.78 is 7.36. The van der Waals surface area contributed by atoms with Crippen molar-refractivity contribution in [1.29, 1.82) is 0 Å². The number of aryl methyl sites for hydroxylation is 1. The highest BCUT2D eigenvalue weighted by atomic mass is 32.1. The molecule has 1 aliphatic carbocycles. The van der Waals surface area contributed by atoms with E-state index in [2.05, 4.69) is 212 Å². The first-order valence-corrected chi connectivity index (χ1v) is 22.5. The number of anilines is 6. The van der Waals surface area contributed by atoms with E-state index in [4.69, 9.17) is 17.0 Å². The second kappa shape index (κ2) is 13.8. The average molecular weight is 817 g/mol. The summed E-state index contributed by atoms with van der Waals surface area (Å²) in [4.78, 5) is 5.12. The summed E-state index contributed by atoms with van der Waals surface area (Å²) in [6.45, 7) is 22.9. The van der Waals surface area contributed by atoms with Crippen LogP contribution in [0.2, 0.25) is 0 Å². The van der Waals surface area contributed by atoms with Crippen molar-refractivity contribution in [3.8, 4) is 22.3 Å². The number of thiol groups is 1. The monoisotopic (exact) mass is 816 g/mol. The highest BCUT2D eigenvalue weighted by Crippen LogP contribution is 2.55. The van der Waals surface area contributed by atoms with Crippen molar-refractivity contribution in [3.63, 3.8) is 0 Å². The van der Waals surface area contributed by atoms with Gasteiger partial charge in [-0.05, 0) is 125 Å². The van der Waals surface area contributed by atoms with Gasteiger partial charge < -0.3 is 14.2 Å². The molecular formula is C56H57BN2OS. The number of fused-ring (bicyclic) bond motifs is 6. The molecule has 3 aliphatic rings. The van der Waals surface area contributed by atoms with E-state index in [-0.39, 0.29) is 27.7 Å². The van der Waals surface area contributed by atoms with Gasteiger partial charge in [0.1, 0.15) is 5.76 Å². The number of nitrogens with zero attached hydrogens (tertiary/aromatic N) is 2. The van der Waals surface area contributed by atoms with Gasteiger partial charge in [0.2, 0.25) is 0 Å². The lowest BCUT2D eigenvalue weighted by atomic mass is 9.35. The Balaban J connectivity index is 1.30. The Morgan fingerprint density at radius 1 is 0.590 bits per heavy atom. The Hall–Kier alpha value is -5.39. The van der Waals surface area contributed by atoms with Crippen LogP contribution in [0.5, 0.6) is 0 Å². The maximum absolute atomic E-state index is 7.60. The molecule has 10 rings (SSSR count). The van der Waals surface area contributed by atoms with E-state index in [1.165, 1.54) is 78.2 Å². The Labute approximate surface area is 369 Å². The van der Waals surface area contributed by atoms with Crippen molar-refractivity contribution in [2.45, 2.75) is 103 Å². The lowest BCUT2D eigenvalue weighted by Crippen LogP contribution is -2.61. The van der Waals surface area contributed by atoms with Gasteiger partial charge in [-0.25, -0.2) is 0 Å². The van der Waals surface area contributed by atoms with E-state index in [0.717, 1.165) is 35.6 Å². The van der Waals surface area contributed by atoms with E-state index >= 15 is 0 Å². The van der Waals surface area contributed by atoms with Crippen LogP contribution in [0.25, 0.3) is 22.3 Å². The quantitative estimate of drug-likeness (QED) is 0.138. The van der Waals surface area contributed by atoms with Gasteiger partial charge in [0.25, 0.3) is 6.71 Å². The molecule has 5 heteroatoms. The van der Waals surface area contributed by atoms with Crippen LogP contribution in [0.3, 0.4) is 0 Å². The van der Waals surface area contributed by atoms with E-state index < -0.39 is 0 Å². The number of para-hydroxylation sites is 1. The Morgan fingerprint density at radius 3 is 1.87 bits per heavy atom. The fourth-order valence-corrected chi connectivity index (χ4v) is 10.5. The molecular weight excluding hydrogens is 760 g/mol. The van der Waals surface area contributed by atoms with Crippen LogP contribution in [0.1, 0.15) is 103 Å². The zero-order valence-corrected chi connectivity index (χ0v) is 38.3. The molecule has 2 aliphatic heterocycles. The van der Waals surface area contributed by atoms with Crippen molar-refractivity contribution in [2.75, 3.05) is 9.80 Å². The van der Waals surface area contributed by atoms with E-state index in [0.29, 0.717) is 0 Å². The normalized spacial score (nSPS) is 16.1.